The molecule has 2 aromatic heterocycles. The average Bonchev–Trinajstić information content (AvgIpc) is 3.58. The van der Waals surface area contributed by atoms with Gasteiger partial charge in [-0.1, -0.05) is 18.9 Å². The van der Waals surface area contributed by atoms with Crippen molar-refractivity contribution in [2.24, 2.45) is 0 Å². The van der Waals surface area contributed by atoms with Crippen LogP contribution in [0.5, 0.6) is 17.2 Å². The van der Waals surface area contributed by atoms with Crippen molar-refractivity contribution in [2.45, 2.75) is 31.7 Å². The van der Waals surface area contributed by atoms with Gasteiger partial charge in [-0.2, -0.15) is 4.98 Å². The van der Waals surface area contributed by atoms with Crippen LogP contribution in [0.1, 0.15) is 36.0 Å². The lowest BCUT2D eigenvalue weighted by atomic mass is 10.1. The number of nitrogens with one attached hydrogen (secondary N) is 2. The number of fused-ring (bicyclic) bond motifs is 1. The predicted octanol–water partition coefficient (Wildman–Crippen LogP) is 4.86. The van der Waals surface area contributed by atoms with Crippen LogP contribution in [0.2, 0.25) is 0 Å². The monoisotopic (exact) mass is 487 g/mol. The summed E-state index contributed by atoms with van der Waals surface area (Å²) in [7, 11) is 4.70. The van der Waals surface area contributed by atoms with E-state index in [4.69, 9.17) is 19.2 Å². The van der Waals surface area contributed by atoms with Crippen LogP contribution in [-0.2, 0) is 0 Å². The number of amides is 1. The fourth-order valence-corrected chi connectivity index (χ4v) is 4.60. The molecule has 0 atom stereocenters. The zero-order chi connectivity index (χ0) is 25.1. The van der Waals surface area contributed by atoms with Gasteiger partial charge in [-0.3, -0.25) is 4.79 Å². The Morgan fingerprint density at radius 1 is 1.00 bits per heavy atom. The van der Waals surface area contributed by atoms with Crippen LogP contribution < -0.4 is 24.8 Å². The fraction of sp³-hybridized carbons (Fsp3) is 0.296. The molecule has 1 aliphatic rings. The number of benzene rings is 2. The Balaban J connectivity index is 1.44. The summed E-state index contributed by atoms with van der Waals surface area (Å²) < 4.78 is 18.2. The molecule has 0 saturated heterocycles. The topological polar surface area (TPSA) is 99.5 Å². The lowest BCUT2D eigenvalue weighted by Gasteiger charge is -2.15. The average molecular weight is 488 g/mol. The largest absolute Gasteiger partial charge is 0.493 e. The molecule has 4 aromatic rings. The van der Waals surface area contributed by atoms with E-state index < -0.39 is 0 Å². The van der Waals surface area contributed by atoms with E-state index in [0.717, 1.165) is 23.9 Å². The zero-order valence-electron chi connectivity index (χ0n) is 20.6. The van der Waals surface area contributed by atoms with Crippen molar-refractivity contribution in [1.82, 2.24) is 19.9 Å². The van der Waals surface area contributed by atoms with Crippen LogP contribution >= 0.6 is 0 Å². The second-order valence-corrected chi connectivity index (χ2v) is 8.70. The zero-order valence-corrected chi connectivity index (χ0v) is 20.6. The summed E-state index contributed by atoms with van der Waals surface area (Å²) >= 11 is 0. The molecule has 2 N–H and O–H groups in total. The Morgan fingerprint density at radius 3 is 2.44 bits per heavy atom. The van der Waals surface area contributed by atoms with Crippen LogP contribution in [-0.4, -0.2) is 47.8 Å². The molecule has 186 valence electrons. The molecule has 1 fully saturated rings. The molecule has 2 heterocycles. The number of carbonyl (C=O) groups excluding carboxylic acids is 1. The molecule has 36 heavy (non-hydrogen) atoms. The Hall–Kier alpha value is -4.27. The van der Waals surface area contributed by atoms with Crippen LogP contribution in [0, 0.1) is 0 Å². The highest BCUT2D eigenvalue weighted by atomic mass is 16.5. The Labute approximate surface area is 209 Å². The maximum absolute atomic E-state index is 12.8. The van der Waals surface area contributed by atoms with Gasteiger partial charge in [0.15, 0.2) is 11.5 Å². The van der Waals surface area contributed by atoms with E-state index in [9.17, 15) is 4.79 Å². The minimum absolute atomic E-state index is 0.0420. The van der Waals surface area contributed by atoms with Crippen molar-refractivity contribution in [3.8, 4) is 22.9 Å². The van der Waals surface area contributed by atoms with E-state index in [0.29, 0.717) is 40.1 Å². The van der Waals surface area contributed by atoms with Gasteiger partial charge in [-0.05, 0) is 37.1 Å². The van der Waals surface area contributed by atoms with Gasteiger partial charge in [0, 0.05) is 52.9 Å². The van der Waals surface area contributed by atoms with E-state index >= 15 is 0 Å². The molecule has 0 spiro atoms. The fourth-order valence-electron chi connectivity index (χ4n) is 4.60. The van der Waals surface area contributed by atoms with Crippen LogP contribution in [0.3, 0.4) is 0 Å². The Bertz CT molecular complexity index is 1370. The summed E-state index contributed by atoms with van der Waals surface area (Å²) in [5.41, 5.74) is 2.88. The third-order valence-corrected chi connectivity index (χ3v) is 6.43. The molecule has 0 radical (unpaired) electrons. The van der Waals surface area contributed by atoms with Gasteiger partial charge in [0.05, 0.1) is 21.3 Å². The maximum Gasteiger partial charge on any atom is 0.251 e. The van der Waals surface area contributed by atoms with Crippen molar-refractivity contribution in [1.29, 1.82) is 0 Å². The molecule has 2 aromatic carbocycles. The number of hydrogen-bond acceptors (Lipinski definition) is 7. The first-order valence-electron chi connectivity index (χ1n) is 11.9. The van der Waals surface area contributed by atoms with Crippen molar-refractivity contribution < 1.29 is 19.0 Å². The minimum atomic E-state index is -0.0420. The second-order valence-electron chi connectivity index (χ2n) is 8.70. The molecular formula is C27H29N5O4. The summed E-state index contributed by atoms with van der Waals surface area (Å²) in [6, 6.07) is 13.4. The summed E-state index contributed by atoms with van der Waals surface area (Å²) in [6.07, 6.45) is 8.13. The molecule has 1 saturated carbocycles. The molecule has 1 aliphatic carbocycles. The standard InChI is InChI=1S/C27H29N5O4/c1-34-22-14-20(15-23(35-2)24(22)36-3)30-27-28-16-18-11-12-32(25(18)31-27)21-10-6-7-17(13-21)26(33)29-19-8-4-5-9-19/h6-7,10-16,19H,4-5,8-9H2,1-3H3,(H,29,33)(H,28,30,31). The number of rotatable bonds is 8. The third-order valence-electron chi connectivity index (χ3n) is 6.43. The number of methoxy groups -OCH3 is 3. The number of aromatic nitrogens is 3. The summed E-state index contributed by atoms with van der Waals surface area (Å²) in [4.78, 5) is 22.0. The Kier molecular flexibility index (Phi) is 6.62. The van der Waals surface area contributed by atoms with Crippen LogP contribution in [0.15, 0.2) is 54.9 Å². The van der Waals surface area contributed by atoms with E-state index in [-0.39, 0.29) is 11.9 Å². The van der Waals surface area contributed by atoms with E-state index in [2.05, 4.69) is 15.6 Å². The van der Waals surface area contributed by atoms with Gasteiger partial charge in [0.2, 0.25) is 11.7 Å². The highest BCUT2D eigenvalue weighted by Crippen LogP contribution is 2.40. The van der Waals surface area contributed by atoms with Crippen LogP contribution in [0.25, 0.3) is 16.7 Å². The first-order valence-corrected chi connectivity index (χ1v) is 11.9. The van der Waals surface area contributed by atoms with E-state index in [1.54, 1.807) is 39.7 Å². The maximum atomic E-state index is 12.8. The van der Waals surface area contributed by atoms with Crippen LogP contribution in [0.4, 0.5) is 11.6 Å². The SMILES string of the molecule is COc1cc(Nc2ncc3ccn(-c4cccc(C(=O)NC5CCCC5)c4)c3n2)cc(OC)c1OC. The van der Waals surface area contributed by atoms with Gasteiger partial charge < -0.3 is 29.4 Å². The quantitative estimate of drug-likeness (QED) is 0.366. The molecule has 0 aliphatic heterocycles. The molecular weight excluding hydrogens is 458 g/mol. The summed E-state index contributed by atoms with van der Waals surface area (Å²) in [6.45, 7) is 0. The van der Waals surface area contributed by atoms with Crippen molar-refractivity contribution in [3.63, 3.8) is 0 Å². The van der Waals surface area contributed by atoms with E-state index in [1.807, 2.05) is 41.1 Å². The van der Waals surface area contributed by atoms with Gasteiger partial charge in [0.1, 0.15) is 5.65 Å². The van der Waals surface area contributed by atoms with Crippen molar-refractivity contribution in [3.05, 3.63) is 60.4 Å². The van der Waals surface area contributed by atoms with Crippen molar-refractivity contribution in [2.75, 3.05) is 26.6 Å². The van der Waals surface area contributed by atoms with Gasteiger partial charge in [0.25, 0.3) is 5.91 Å². The molecule has 1 amide bonds. The number of carbonyl (C=O) groups is 1. The molecule has 9 heteroatoms. The van der Waals surface area contributed by atoms with Crippen molar-refractivity contribution >= 4 is 28.6 Å². The molecule has 9 nitrogen and oxygen atoms in total. The number of anilines is 2. The smallest absolute Gasteiger partial charge is 0.251 e. The predicted molar refractivity (Wildman–Crippen MR) is 138 cm³/mol. The minimum Gasteiger partial charge on any atom is -0.493 e. The molecule has 0 bridgehead atoms. The second kappa shape index (κ2) is 10.2. The number of hydrogen-bond donors (Lipinski definition) is 2. The first kappa shape index (κ1) is 23.5. The normalized spacial score (nSPS) is 13.5. The summed E-state index contributed by atoms with van der Waals surface area (Å²) in [5, 5.41) is 7.26. The lowest BCUT2D eigenvalue weighted by Crippen LogP contribution is -2.32. The summed E-state index contributed by atoms with van der Waals surface area (Å²) in [5.74, 6) is 1.92. The van der Waals surface area contributed by atoms with Gasteiger partial charge in [-0.15, -0.1) is 0 Å². The number of nitrogens with zero attached hydrogens (tertiary/aromatic N) is 3. The third kappa shape index (κ3) is 4.64. The van der Waals surface area contributed by atoms with Gasteiger partial charge in [-0.25, -0.2) is 4.98 Å². The Morgan fingerprint density at radius 2 is 1.75 bits per heavy atom. The van der Waals surface area contributed by atoms with E-state index in [1.165, 1.54) is 12.8 Å². The highest BCUT2D eigenvalue weighted by molar-refractivity contribution is 5.95. The van der Waals surface area contributed by atoms with Gasteiger partial charge >= 0.3 is 0 Å². The lowest BCUT2D eigenvalue weighted by molar-refractivity contribution is 0.0938. The highest BCUT2D eigenvalue weighted by Gasteiger charge is 2.19. The molecule has 0 unspecified atom stereocenters. The first-order chi connectivity index (χ1) is 17.6. The number of ether oxygens (including phenoxy) is 3. The molecule has 5 rings (SSSR count).